The Labute approximate surface area is 67.6 Å². The number of nitrogens with zero attached hydrogens (tertiary/aromatic N) is 1. The van der Waals surface area contributed by atoms with Crippen molar-refractivity contribution >= 4 is 5.78 Å². The van der Waals surface area contributed by atoms with Crippen LogP contribution in [0.15, 0.2) is 0 Å². The number of carbonyl (C=O) groups is 1. The van der Waals surface area contributed by atoms with Crippen LogP contribution >= 0.6 is 0 Å². The van der Waals surface area contributed by atoms with Crippen LogP contribution < -0.4 is 0 Å². The molecule has 2 nitrogen and oxygen atoms in total. The normalized spacial score (nSPS) is 37.5. The monoisotopic (exact) mass is 153 g/mol. The van der Waals surface area contributed by atoms with Crippen LogP contribution in [-0.4, -0.2) is 29.3 Å². The second kappa shape index (κ2) is 2.07. The lowest BCUT2D eigenvalue weighted by molar-refractivity contribution is -0.134. The van der Waals surface area contributed by atoms with Crippen LogP contribution in [0.3, 0.4) is 0 Å². The molecule has 0 aliphatic carbocycles. The third kappa shape index (κ3) is 0.684. The molecular weight excluding hydrogens is 138 g/mol. The van der Waals surface area contributed by atoms with E-state index in [4.69, 9.17) is 0 Å². The quantitative estimate of drug-likeness (QED) is 0.561. The third-order valence-corrected chi connectivity index (χ3v) is 3.37. The summed E-state index contributed by atoms with van der Waals surface area (Å²) in [5.74, 6) is 0.991. The van der Waals surface area contributed by atoms with Crippen LogP contribution in [-0.2, 0) is 4.79 Å². The highest BCUT2D eigenvalue weighted by atomic mass is 16.1. The highest BCUT2D eigenvalue weighted by Crippen LogP contribution is 2.43. The number of hydrogen-bond acceptors (Lipinski definition) is 2. The zero-order valence-electron chi connectivity index (χ0n) is 7.26. The van der Waals surface area contributed by atoms with Gasteiger partial charge in [-0.3, -0.25) is 9.69 Å². The molecule has 11 heavy (non-hydrogen) atoms. The van der Waals surface area contributed by atoms with E-state index in [0.29, 0.717) is 11.7 Å². The maximum atomic E-state index is 11.6. The van der Waals surface area contributed by atoms with Gasteiger partial charge in [0, 0.05) is 19.5 Å². The Morgan fingerprint density at radius 1 is 1.45 bits per heavy atom. The highest BCUT2D eigenvalue weighted by Gasteiger charge is 2.55. The van der Waals surface area contributed by atoms with Gasteiger partial charge in [0.2, 0.25) is 0 Å². The summed E-state index contributed by atoms with van der Waals surface area (Å²) in [6.07, 6.45) is 1.89. The molecule has 2 heteroatoms. The van der Waals surface area contributed by atoms with Crippen molar-refractivity contribution in [2.75, 3.05) is 13.1 Å². The second-order valence-electron chi connectivity index (χ2n) is 3.99. The fourth-order valence-electron chi connectivity index (χ4n) is 2.57. The van der Waals surface area contributed by atoms with E-state index >= 15 is 0 Å². The van der Waals surface area contributed by atoms with Crippen molar-refractivity contribution in [1.82, 2.24) is 4.90 Å². The molecule has 0 amide bonds. The summed E-state index contributed by atoms with van der Waals surface area (Å²) in [7, 11) is 0. The first kappa shape index (κ1) is 7.29. The van der Waals surface area contributed by atoms with Crippen LogP contribution in [0.4, 0.5) is 0 Å². The summed E-state index contributed by atoms with van der Waals surface area (Å²) in [5.41, 5.74) is -0.0139. The SMILES string of the molecule is CC(C)C12CCN1CCC2=O. The Hall–Kier alpha value is -0.370. The van der Waals surface area contributed by atoms with E-state index in [9.17, 15) is 4.79 Å². The minimum absolute atomic E-state index is 0.0139. The Morgan fingerprint density at radius 3 is 2.45 bits per heavy atom. The number of ketones is 1. The molecule has 0 bridgehead atoms. The van der Waals surface area contributed by atoms with Crippen LogP contribution in [0.5, 0.6) is 0 Å². The largest absolute Gasteiger partial charge is 0.298 e. The minimum atomic E-state index is -0.0139. The average molecular weight is 153 g/mol. The van der Waals surface area contributed by atoms with Gasteiger partial charge in [-0.25, -0.2) is 0 Å². The molecule has 62 valence electrons. The van der Waals surface area contributed by atoms with E-state index in [1.807, 2.05) is 0 Å². The van der Waals surface area contributed by atoms with Gasteiger partial charge in [0.25, 0.3) is 0 Å². The standard InChI is InChI=1S/C9H15NO/c1-7(2)9-4-6-10(9)5-3-8(9)11/h7H,3-6H2,1-2H3. The topological polar surface area (TPSA) is 20.3 Å². The lowest BCUT2D eigenvalue weighted by Crippen LogP contribution is -2.62. The van der Waals surface area contributed by atoms with Gasteiger partial charge in [-0.05, 0) is 12.3 Å². The molecule has 2 rings (SSSR count). The molecule has 2 aliphatic rings. The molecule has 1 atom stereocenters. The summed E-state index contributed by atoms with van der Waals surface area (Å²) in [4.78, 5) is 13.9. The van der Waals surface area contributed by atoms with E-state index in [1.165, 1.54) is 0 Å². The third-order valence-electron chi connectivity index (χ3n) is 3.37. The minimum Gasteiger partial charge on any atom is -0.298 e. The molecule has 2 heterocycles. The summed E-state index contributed by atoms with van der Waals surface area (Å²) in [5, 5.41) is 0. The van der Waals surface area contributed by atoms with Crippen molar-refractivity contribution in [3.8, 4) is 0 Å². The number of carbonyl (C=O) groups excluding carboxylic acids is 1. The van der Waals surface area contributed by atoms with Crippen molar-refractivity contribution in [2.45, 2.75) is 32.2 Å². The lowest BCUT2D eigenvalue weighted by atomic mass is 9.75. The number of rotatable bonds is 1. The van der Waals surface area contributed by atoms with E-state index < -0.39 is 0 Å². The van der Waals surface area contributed by atoms with E-state index in [2.05, 4.69) is 18.7 Å². The fraction of sp³-hybridized carbons (Fsp3) is 0.889. The van der Waals surface area contributed by atoms with Crippen molar-refractivity contribution in [1.29, 1.82) is 0 Å². The first-order valence-electron chi connectivity index (χ1n) is 4.46. The van der Waals surface area contributed by atoms with E-state index in [1.54, 1.807) is 0 Å². The van der Waals surface area contributed by atoms with Crippen molar-refractivity contribution in [2.24, 2.45) is 5.92 Å². The summed E-state index contributed by atoms with van der Waals surface area (Å²) >= 11 is 0. The Kier molecular flexibility index (Phi) is 1.37. The second-order valence-corrected chi connectivity index (χ2v) is 3.99. The maximum absolute atomic E-state index is 11.6. The van der Waals surface area contributed by atoms with Gasteiger partial charge in [-0.1, -0.05) is 13.8 Å². The first-order valence-corrected chi connectivity index (χ1v) is 4.46. The smallest absolute Gasteiger partial charge is 0.154 e. The zero-order valence-corrected chi connectivity index (χ0v) is 7.26. The van der Waals surface area contributed by atoms with E-state index in [0.717, 1.165) is 25.9 Å². The molecule has 2 fully saturated rings. The maximum Gasteiger partial charge on any atom is 0.154 e. The van der Waals surface area contributed by atoms with Gasteiger partial charge in [0.05, 0.1) is 5.54 Å². The molecule has 0 aromatic heterocycles. The van der Waals surface area contributed by atoms with E-state index in [-0.39, 0.29) is 5.54 Å². The van der Waals surface area contributed by atoms with Crippen molar-refractivity contribution < 1.29 is 4.79 Å². The average Bonchev–Trinajstić information content (AvgIpc) is 2.04. The number of hydrogen-bond donors (Lipinski definition) is 0. The van der Waals surface area contributed by atoms with Crippen LogP contribution in [0, 0.1) is 5.92 Å². The lowest BCUT2D eigenvalue weighted by Gasteiger charge is -2.49. The molecule has 0 aromatic carbocycles. The molecule has 0 spiro atoms. The summed E-state index contributed by atoms with van der Waals surface area (Å²) in [6.45, 7) is 6.48. The highest BCUT2D eigenvalue weighted by molar-refractivity contribution is 5.92. The molecule has 2 aliphatic heterocycles. The molecule has 1 unspecified atom stereocenters. The summed E-state index contributed by atoms with van der Waals surface area (Å²) in [6, 6.07) is 0. The van der Waals surface area contributed by atoms with Gasteiger partial charge in [0.15, 0.2) is 5.78 Å². The Balaban J connectivity index is 2.28. The van der Waals surface area contributed by atoms with Gasteiger partial charge >= 0.3 is 0 Å². The number of Topliss-reactive ketones (excluding diaryl/α,β-unsaturated/α-hetero) is 1. The molecular formula is C9H15NO. The van der Waals surface area contributed by atoms with Crippen LogP contribution in [0.1, 0.15) is 26.7 Å². The fourth-order valence-corrected chi connectivity index (χ4v) is 2.57. The Bertz CT molecular complexity index is 200. The van der Waals surface area contributed by atoms with Gasteiger partial charge < -0.3 is 0 Å². The predicted molar refractivity (Wildman–Crippen MR) is 43.4 cm³/mol. The molecule has 0 aromatic rings. The molecule has 0 radical (unpaired) electrons. The Morgan fingerprint density at radius 2 is 2.18 bits per heavy atom. The van der Waals surface area contributed by atoms with Crippen molar-refractivity contribution in [3.63, 3.8) is 0 Å². The van der Waals surface area contributed by atoms with Crippen molar-refractivity contribution in [3.05, 3.63) is 0 Å². The molecule has 0 saturated carbocycles. The van der Waals surface area contributed by atoms with Crippen LogP contribution in [0.2, 0.25) is 0 Å². The zero-order chi connectivity index (χ0) is 8.06. The van der Waals surface area contributed by atoms with Gasteiger partial charge in [0.1, 0.15) is 0 Å². The molecule has 0 N–H and O–H groups in total. The molecule has 2 saturated heterocycles. The number of fused-ring (bicyclic) bond motifs is 1. The van der Waals surface area contributed by atoms with Crippen LogP contribution in [0.25, 0.3) is 0 Å². The summed E-state index contributed by atoms with van der Waals surface area (Å²) < 4.78 is 0. The first-order chi connectivity index (χ1) is 5.18. The predicted octanol–water partition coefficient (Wildman–Crippen LogP) is 1.06. The van der Waals surface area contributed by atoms with Gasteiger partial charge in [-0.2, -0.15) is 0 Å². The van der Waals surface area contributed by atoms with Gasteiger partial charge in [-0.15, -0.1) is 0 Å².